The number of halogens is 1. The first-order valence-electron chi connectivity index (χ1n) is 11.1. The molecule has 2 atom stereocenters. The maximum Gasteiger partial charge on any atom is 0.246 e. The molecule has 3 heterocycles. The molecule has 2 unspecified atom stereocenters. The Hall–Kier alpha value is -1.22. The Bertz CT molecular complexity index is 874. The number of pyridine rings is 1. The van der Waals surface area contributed by atoms with Gasteiger partial charge < -0.3 is 5.32 Å². The van der Waals surface area contributed by atoms with E-state index in [-0.39, 0.29) is 27.4 Å². The fourth-order valence-corrected chi connectivity index (χ4v) is 6.68. The Kier molecular flexibility index (Phi) is 7.66. The molecule has 174 valence electrons. The minimum Gasteiger partial charge on any atom is -0.354 e. The molecule has 2 aliphatic heterocycles. The van der Waals surface area contributed by atoms with E-state index in [4.69, 9.17) is 11.6 Å². The lowest BCUT2D eigenvalue weighted by molar-refractivity contribution is -0.126. The molecule has 0 bridgehead atoms. The van der Waals surface area contributed by atoms with E-state index in [2.05, 4.69) is 42.9 Å². The normalized spacial score (nSPS) is 24.8. The molecule has 1 aromatic rings. The molecule has 1 amide bonds. The molecule has 2 aliphatic rings. The van der Waals surface area contributed by atoms with E-state index in [1.54, 1.807) is 6.07 Å². The first-order valence-corrected chi connectivity index (χ1v) is 13.0. The molecular weight excluding hydrogens is 436 g/mol. The minimum absolute atomic E-state index is 0.0163. The van der Waals surface area contributed by atoms with Crippen LogP contribution in [0.5, 0.6) is 0 Å². The van der Waals surface area contributed by atoms with E-state index in [1.165, 1.54) is 23.0 Å². The first-order chi connectivity index (χ1) is 14.5. The lowest BCUT2D eigenvalue weighted by atomic mass is 9.88. The number of sulfonamides is 1. The van der Waals surface area contributed by atoms with Crippen molar-refractivity contribution in [1.29, 1.82) is 0 Å². The summed E-state index contributed by atoms with van der Waals surface area (Å²) in [6.07, 6.45) is 3.72. The quantitative estimate of drug-likeness (QED) is 0.646. The summed E-state index contributed by atoms with van der Waals surface area (Å²) in [4.78, 5) is 19.2. The number of hydrogen-bond donors (Lipinski definition) is 1. The molecule has 2 fully saturated rings. The minimum atomic E-state index is -3.70. The summed E-state index contributed by atoms with van der Waals surface area (Å²) in [6.45, 7) is 12.3. The van der Waals surface area contributed by atoms with E-state index in [1.807, 2.05) is 0 Å². The highest BCUT2D eigenvalue weighted by Gasteiger charge is 2.36. The maximum absolute atomic E-state index is 12.9. The number of aromatic nitrogens is 1. The molecule has 2 saturated heterocycles. The molecular formula is C22H35ClN4O3S. The smallest absolute Gasteiger partial charge is 0.246 e. The van der Waals surface area contributed by atoms with E-state index in [0.29, 0.717) is 44.3 Å². The van der Waals surface area contributed by atoms with Crippen LogP contribution in [0.25, 0.3) is 0 Å². The highest BCUT2D eigenvalue weighted by Crippen LogP contribution is 2.29. The average molecular weight is 471 g/mol. The van der Waals surface area contributed by atoms with Crippen molar-refractivity contribution in [2.24, 2.45) is 17.8 Å². The van der Waals surface area contributed by atoms with Crippen LogP contribution in [0.4, 0.5) is 0 Å². The largest absolute Gasteiger partial charge is 0.354 e. The van der Waals surface area contributed by atoms with Crippen molar-refractivity contribution in [2.45, 2.75) is 57.4 Å². The zero-order valence-electron chi connectivity index (χ0n) is 19.0. The van der Waals surface area contributed by atoms with Gasteiger partial charge in [-0.25, -0.2) is 13.4 Å². The SMILES string of the molecule is CC1CC(C)CN(C(C)(C)CNC(=O)C2CCN(S(=O)(=O)c3cccnc3Cl)CC2)C1. The summed E-state index contributed by atoms with van der Waals surface area (Å²) in [5.41, 5.74) is -0.111. The Morgan fingerprint density at radius 2 is 1.84 bits per heavy atom. The highest BCUT2D eigenvalue weighted by molar-refractivity contribution is 7.89. The van der Waals surface area contributed by atoms with Gasteiger partial charge in [0.05, 0.1) is 0 Å². The Labute approximate surface area is 191 Å². The van der Waals surface area contributed by atoms with Crippen LogP contribution in [0.15, 0.2) is 23.2 Å². The van der Waals surface area contributed by atoms with Crippen LogP contribution in [0.1, 0.15) is 47.0 Å². The van der Waals surface area contributed by atoms with Crippen LogP contribution in [-0.2, 0) is 14.8 Å². The van der Waals surface area contributed by atoms with E-state index in [0.717, 1.165) is 13.1 Å². The summed E-state index contributed by atoms with van der Waals surface area (Å²) >= 11 is 5.99. The summed E-state index contributed by atoms with van der Waals surface area (Å²) < 4.78 is 27.1. The van der Waals surface area contributed by atoms with Gasteiger partial charge in [-0.2, -0.15) is 4.31 Å². The van der Waals surface area contributed by atoms with Crippen molar-refractivity contribution in [1.82, 2.24) is 19.5 Å². The molecule has 0 radical (unpaired) electrons. The lowest BCUT2D eigenvalue weighted by Crippen LogP contribution is -2.56. The topological polar surface area (TPSA) is 82.6 Å². The van der Waals surface area contributed by atoms with Gasteiger partial charge in [-0.15, -0.1) is 0 Å². The zero-order valence-corrected chi connectivity index (χ0v) is 20.5. The van der Waals surface area contributed by atoms with Crippen LogP contribution < -0.4 is 5.32 Å². The third-order valence-corrected chi connectivity index (χ3v) is 8.93. The van der Waals surface area contributed by atoms with Crippen LogP contribution in [0.3, 0.4) is 0 Å². The van der Waals surface area contributed by atoms with Crippen molar-refractivity contribution in [3.8, 4) is 0 Å². The number of nitrogens with one attached hydrogen (secondary N) is 1. The first kappa shape index (κ1) is 24.4. The summed E-state index contributed by atoms with van der Waals surface area (Å²) in [7, 11) is -3.70. The molecule has 0 spiro atoms. The van der Waals surface area contributed by atoms with E-state index < -0.39 is 10.0 Å². The number of piperidine rings is 2. The van der Waals surface area contributed by atoms with Gasteiger partial charge in [0.25, 0.3) is 0 Å². The van der Waals surface area contributed by atoms with Gasteiger partial charge in [0.2, 0.25) is 15.9 Å². The van der Waals surface area contributed by atoms with Gasteiger partial charge >= 0.3 is 0 Å². The molecule has 31 heavy (non-hydrogen) atoms. The number of likely N-dealkylation sites (tertiary alicyclic amines) is 1. The third kappa shape index (κ3) is 5.78. The Morgan fingerprint density at radius 1 is 1.23 bits per heavy atom. The second-order valence-corrected chi connectivity index (χ2v) is 12.1. The molecule has 1 N–H and O–H groups in total. The van der Waals surface area contributed by atoms with Crippen LogP contribution in [-0.4, -0.2) is 66.8 Å². The average Bonchev–Trinajstić information content (AvgIpc) is 2.71. The van der Waals surface area contributed by atoms with Gasteiger partial charge in [-0.1, -0.05) is 25.4 Å². The fourth-order valence-electron chi connectivity index (χ4n) is 4.78. The fraction of sp³-hybridized carbons (Fsp3) is 0.727. The maximum atomic E-state index is 12.9. The predicted molar refractivity (Wildman–Crippen MR) is 122 cm³/mol. The Balaban J connectivity index is 1.53. The molecule has 0 saturated carbocycles. The van der Waals surface area contributed by atoms with Crippen molar-refractivity contribution >= 4 is 27.5 Å². The molecule has 9 heteroatoms. The summed E-state index contributed by atoms with van der Waals surface area (Å²) in [6, 6.07) is 3.03. The van der Waals surface area contributed by atoms with Crippen molar-refractivity contribution in [2.75, 3.05) is 32.7 Å². The number of nitrogens with zero attached hydrogens (tertiary/aromatic N) is 3. The van der Waals surface area contributed by atoms with Gasteiger partial charge in [0, 0.05) is 50.4 Å². The van der Waals surface area contributed by atoms with Crippen LogP contribution in [0, 0.1) is 17.8 Å². The number of carbonyl (C=O) groups is 1. The number of rotatable bonds is 6. The van der Waals surface area contributed by atoms with E-state index in [9.17, 15) is 13.2 Å². The highest BCUT2D eigenvalue weighted by atomic mass is 35.5. The van der Waals surface area contributed by atoms with Crippen LogP contribution in [0.2, 0.25) is 5.15 Å². The van der Waals surface area contributed by atoms with Gasteiger partial charge in [0.1, 0.15) is 10.0 Å². The molecule has 0 aliphatic carbocycles. The van der Waals surface area contributed by atoms with Gasteiger partial charge in [-0.3, -0.25) is 9.69 Å². The third-order valence-electron chi connectivity index (χ3n) is 6.59. The van der Waals surface area contributed by atoms with Crippen LogP contribution >= 0.6 is 11.6 Å². The van der Waals surface area contributed by atoms with Crippen molar-refractivity contribution in [3.63, 3.8) is 0 Å². The zero-order chi connectivity index (χ0) is 22.8. The molecule has 0 aromatic carbocycles. The van der Waals surface area contributed by atoms with Gasteiger partial charge in [0.15, 0.2) is 0 Å². The number of amides is 1. The predicted octanol–water partition coefficient (Wildman–Crippen LogP) is 3.01. The number of carbonyl (C=O) groups excluding carboxylic acids is 1. The number of hydrogen-bond acceptors (Lipinski definition) is 5. The Morgan fingerprint density at radius 3 is 2.42 bits per heavy atom. The second-order valence-electron chi connectivity index (χ2n) is 9.85. The molecule has 3 rings (SSSR count). The monoisotopic (exact) mass is 470 g/mol. The van der Waals surface area contributed by atoms with Crippen molar-refractivity contribution < 1.29 is 13.2 Å². The lowest BCUT2D eigenvalue weighted by Gasteiger charge is -2.45. The second kappa shape index (κ2) is 9.73. The standard InChI is InChI=1S/C22H35ClN4O3S/c1-16-12-17(2)14-26(13-16)22(3,4)15-25-21(28)18-7-10-27(11-8-18)31(29,30)19-6-5-9-24-20(19)23/h5-6,9,16-18H,7-8,10-15H2,1-4H3,(H,25,28). The summed E-state index contributed by atoms with van der Waals surface area (Å²) in [5.74, 6) is 1.17. The van der Waals surface area contributed by atoms with Gasteiger partial charge in [-0.05, 0) is 57.1 Å². The summed E-state index contributed by atoms with van der Waals surface area (Å²) in [5, 5.41) is 3.11. The molecule has 1 aromatic heterocycles. The molecule has 7 nitrogen and oxygen atoms in total. The van der Waals surface area contributed by atoms with E-state index >= 15 is 0 Å². The van der Waals surface area contributed by atoms with Crippen molar-refractivity contribution in [3.05, 3.63) is 23.5 Å².